The van der Waals surface area contributed by atoms with Crippen LogP contribution in [0.4, 0.5) is 0 Å². The monoisotopic (exact) mass is 811 g/mol. The molecule has 0 amide bonds. The Bertz CT molecular complexity index is 1840. The zero-order chi connectivity index (χ0) is 33.7. The quantitative estimate of drug-likeness (QED) is 0.0906. The van der Waals surface area contributed by atoms with Crippen molar-refractivity contribution in [1.82, 2.24) is 15.0 Å². The summed E-state index contributed by atoms with van der Waals surface area (Å²) < 4.78 is 5.51. The molecular formula is C40H48IrN3O3-. The van der Waals surface area contributed by atoms with E-state index in [0.717, 1.165) is 64.7 Å². The fraction of sp³-hybridized carbons (Fsp3) is 0.400. The van der Waals surface area contributed by atoms with Crippen LogP contribution in [0.5, 0.6) is 0 Å². The summed E-state index contributed by atoms with van der Waals surface area (Å²) >= 11 is 0. The molecule has 251 valence electrons. The molecule has 0 spiro atoms. The molecule has 6 nitrogen and oxygen atoms in total. The smallest absolute Gasteiger partial charge is 0.164 e. The van der Waals surface area contributed by atoms with Gasteiger partial charge >= 0.3 is 0 Å². The predicted octanol–water partition coefficient (Wildman–Crippen LogP) is 10.9. The average Bonchev–Trinajstić information content (AvgIpc) is 3.55. The van der Waals surface area contributed by atoms with Gasteiger partial charge in [-0.1, -0.05) is 91.5 Å². The number of furan rings is 1. The minimum absolute atomic E-state index is 0. The number of nitrogens with zero attached hydrogens (tertiary/aromatic N) is 3. The number of ketones is 1. The zero-order valence-electron chi connectivity index (χ0n) is 29.2. The molecule has 0 aliphatic heterocycles. The van der Waals surface area contributed by atoms with Gasteiger partial charge in [-0.25, -0.2) is 4.98 Å². The van der Waals surface area contributed by atoms with Gasteiger partial charge in [-0.15, -0.1) is 29.1 Å². The van der Waals surface area contributed by atoms with Crippen LogP contribution in [0.15, 0.2) is 83.6 Å². The van der Waals surface area contributed by atoms with Gasteiger partial charge < -0.3 is 9.52 Å². The first-order valence-electron chi connectivity index (χ1n) is 16.4. The van der Waals surface area contributed by atoms with Gasteiger partial charge in [0.1, 0.15) is 17.7 Å². The first kappa shape index (κ1) is 37.8. The Kier molecular flexibility index (Phi) is 12.4. The molecule has 0 aliphatic rings. The van der Waals surface area contributed by atoms with Crippen LogP contribution in [0.3, 0.4) is 0 Å². The molecule has 0 unspecified atom stereocenters. The van der Waals surface area contributed by atoms with Crippen molar-refractivity contribution in [1.29, 1.82) is 0 Å². The summed E-state index contributed by atoms with van der Waals surface area (Å²) in [6, 6.07) is 19.9. The van der Waals surface area contributed by atoms with Crippen LogP contribution in [0.2, 0.25) is 0 Å². The van der Waals surface area contributed by atoms with E-state index in [1.807, 2.05) is 65.8 Å². The van der Waals surface area contributed by atoms with Gasteiger partial charge in [-0.2, -0.15) is 0 Å². The van der Waals surface area contributed by atoms with E-state index in [2.05, 4.69) is 66.1 Å². The van der Waals surface area contributed by atoms with E-state index in [-0.39, 0.29) is 47.9 Å². The fourth-order valence-electron chi connectivity index (χ4n) is 5.31. The maximum absolute atomic E-state index is 12.2. The van der Waals surface area contributed by atoms with Crippen molar-refractivity contribution in [2.75, 3.05) is 0 Å². The largest absolute Gasteiger partial charge is 0.512 e. The van der Waals surface area contributed by atoms with Crippen molar-refractivity contribution in [2.24, 2.45) is 10.8 Å². The van der Waals surface area contributed by atoms with E-state index in [1.165, 1.54) is 17.0 Å². The molecule has 47 heavy (non-hydrogen) atoms. The van der Waals surface area contributed by atoms with Crippen LogP contribution in [0.1, 0.15) is 93.6 Å². The topological polar surface area (TPSA) is 89.1 Å². The number of carbonyl (C=O) groups is 1. The number of fused-ring (bicyclic) bond motifs is 2. The van der Waals surface area contributed by atoms with Crippen molar-refractivity contribution in [2.45, 2.75) is 93.4 Å². The summed E-state index contributed by atoms with van der Waals surface area (Å²) in [5.41, 5.74) is 4.77. The number of hydrogen-bond donors (Lipinski definition) is 1. The second-order valence-electron chi connectivity index (χ2n) is 13.6. The molecule has 0 saturated heterocycles. The maximum atomic E-state index is 12.2. The molecule has 3 heterocycles. The Labute approximate surface area is 293 Å². The van der Waals surface area contributed by atoms with Gasteiger partial charge in [0.05, 0.1) is 17.7 Å². The number of pyridine rings is 1. The van der Waals surface area contributed by atoms with E-state index in [0.29, 0.717) is 0 Å². The Morgan fingerprint density at radius 1 is 0.830 bits per heavy atom. The van der Waals surface area contributed by atoms with E-state index in [9.17, 15) is 9.90 Å². The van der Waals surface area contributed by atoms with E-state index in [1.54, 1.807) is 18.8 Å². The van der Waals surface area contributed by atoms with Crippen molar-refractivity contribution in [3.8, 4) is 22.6 Å². The predicted molar refractivity (Wildman–Crippen MR) is 189 cm³/mol. The molecule has 1 N–H and O–H groups in total. The van der Waals surface area contributed by atoms with E-state index < -0.39 is 0 Å². The molecule has 5 rings (SSSR count). The fourth-order valence-corrected chi connectivity index (χ4v) is 5.31. The minimum atomic E-state index is -0.337. The second-order valence-corrected chi connectivity index (χ2v) is 13.6. The van der Waals surface area contributed by atoms with Gasteiger partial charge in [-0.3, -0.25) is 14.8 Å². The van der Waals surface area contributed by atoms with Crippen molar-refractivity contribution < 1.29 is 34.4 Å². The maximum Gasteiger partial charge on any atom is 0.164 e. The molecule has 0 fully saturated rings. The van der Waals surface area contributed by atoms with Crippen LogP contribution in [0.25, 0.3) is 44.4 Å². The molecular weight excluding hydrogens is 763 g/mol. The Balaban J connectivity index is 0.000000290. The molecule has 0 saturated carbocycles. The van der Waals surface area contributed by atoms with E-state index >= 15 is 0 Å². The van der Waals surface area contributed by atoms with Gasteiger partial charge in [0, 0.05) is 60.4 Å². The van der Waals surface area contributed by atoms with Gasteiger partial charge in [0.25, 0.3) is 0 Å². The molecule has 3 aromatic heterocycles. The summed E-state index contributed by atoms with van der Waals surface area (Å²) in [5.74, 6) is 0.286. The SMILES string of the molecule is CC(C)(C)c1cc(-c2cc(-c3cc4occc4cn3)ncn2)[c-]c2ccccc12.CCC(C)(CC)C(=O)/C=C(\O)C(C)(CC)CC.[Ir]. The van der Waals surface area contributed by atoms with Gasteiger partial charge in [0.15, 0.2) is 5.78 Å². The molecule has 0 bridgehead atoms. The third kappa shape index (κ3) is 8.44. The number of aliphatic hydroxyl groups excluding tert-OH is 1. The Hall–Kier alpha value is -3.67. The number of carbonyl (C=O) groups excluding carboxylic acids is 1. The van der Waals surface area contributed by atoms with Crippen LogP contribution < -0.4 is 0 Å². The average molecular weight is 811 g/mol. The molecule has 1 radical (unpaired) electrons. The molecule has 2 aromatic carbocycles. The first-order chi connectivity index (χ1) is 21.8. The van der Waals surface area contributed by atoms with Crippen molar-refractivity contribution in [3.63, 3.8) is 0 Å². The normalized spacial score (nSPS) is 12.4. The molecule has 7 heteroatoms. The number of hydrogen-bond acceptors (Lipinski definition) is 6. The van der Waals surface area contributed by atoms with Crippen molar-refractivity contribution >= 4 is 27.5 Å². The number of aromatic nitrogens is 3. The summed E-state index contributed by atoms with van der Waals surface area (Å²) in [7, 11) is 0. The Morgan fingerprint density at radius 2 is 1.45 bits per heavy atom. The van der Waals surface area contributed by atoms with Crippen LogP contribution >= 0.6 is 0 Å². The van der Waals surface area contributed by atoms with Crippen LogP contribution in [0, 0.1) is 16.9 Å². The second kappa shape index (κ2) is 15.5. The van der Waals surface area contributed by atoms with Gasteiger partial charge in [0.2, 0.25) is 0 Å². The summed E-state index contributed by atoms with van der Waals surface area (Å²) in [6.45, 7) is 18.8. The zero-order valence-corrected chi connectivity index (χ0v) is 31.6. The summed E-state index contributed by atoms with van der Waals surface area (Å²) in [4.78, 5) is 25.7. The summed E-state index contributed by atoms with van der Waals surface area (Å²) in [5, 5.41) is 13.4. The van der Waals surface area contributed by atoms with Gasteiger partial charge in [-0.05, 0) is 43.2 Å². The number of allylic oxidation sites excluding steroid dienone is 2. The number of benzene rings is 2. The third-order valence-electron chi connectivity index (χ3n) is 9.73. The third-order valence-corrected chi connectivity index (χ3v) is 9.73. The molecule has 0 aliphatic carbocycles. The van der Waals surface area contributed by atoms with E-state index in [4.69, 9.17) is 4.42 Å². The number of aliphatic hydroxyl groups is 1. The minimum Gasteiger partial charge on any atom is -0.512 e. The molecule has 0 atom stereocenters. The first-order valence-corrected chi connectivity index (χ1v) is 16.4. The standard InChI is InChI=1S/C25H20N3O.C15H28O2.Ir/c1-25(2,3)20-11-18(10-16-6-4-5-7-19(16)20)21-12-22(28-15-27-21)23-13-24-17(14-26-23)8-9-29-24;1-7-14(5,8-2)12(16)11-13(17)15(6,9-3)10-4;/h4-9,11-15H,1-3H3;11,16H,7-10H2,1-6H3;/q-1;;/b;12-11-;. The van der Waals surface area contributed by atoms with Crippen LogP contribution in [-0.2, 0) is 30.3 Å². The van der Waals surface area contributed by atoms with Crippen LogP contribution in [-0.4, -0.2) is 25.8 Å². The Morgan fingerprint density at radius 3 is 2.09 bits per heavy atom. The van der Waals surface area contributed by atoms with Crippen molar-refractivity contribution in [3.05, 3.63) is 90.8 Å². The summed E-state index contributed by atoms with van der Waals surface area (Å²) in [6.07, 6.45) is 9.80. The number of rotatable bonds is 9. The molecule has 5 aromatic rings.